The first-order chi connectivity index (χ1) is 13.6. The second-order valence-electron chi connectivity index (χ2n) is 5.80. The van der Waals surface area contributed by atoms with Gasteiger partial charge in [-0.25, -0.2) is 9.37 Å². The Morgan fingerprint density at radius 1 is 1.07 bits per heavy atom. The molecule has 0 aliphatic heterocycles. The minimum Gasteiger partial charge on any atom is -0.497 e. The zero-order valence-corrected chi connectivity index (χ0v) is 16.0. The molecular weight excluding hydrogens is 379 g/mol. The average Bonchev–Trinajstić information content (AvgIpc) is 2.73. The molecule has 1 aromatic heterocycles. The number of benzene rings is 2. The lowest BCUT2D eigenvalue weighted by molar-refractivity contribution is -0.118. The van der Waals surface area contributed by atoms with E-state index in [0.29, 0.717) is 18.2 Å². The highest BCUT2D eigenvalue weighted by molar-refractivity contribution is 8.00. The van der Waals surface area contributed by atoms with Crippen molar-refractivity contribution < 1.29 is 18.7 Å². The summed E-state index contributed by atoms with van der Waals surface area (Å²) in [4.78, 5) is 17.1. The van der Waals surface area contributed by atoms with Crippen LogP contribution in [0.2, 0.25) is 0 Å². The van der Waals surface area contributed by atoms with Crippen molar-refractivity contribution in [2.24, 2.45) is 0 Å². The molecule has 0 fully saturated rings. The van der Waals surface area contributed by atoms with E-state index < -0.39 is 0 Å². The van der Waals surface area contributed by atoms with E-state index in [2.05, 4.69) is 10.3 Å². The number of carbonyl (C=O) groups excluding carboxylic acids is 1. The molecule has 0 radical (unpaired) electrons. The van der Waals surface area contributed by atoms with E-state index in [4.69, 9.17) is 9.47 Å². The maximum Gasteiger partial charge on any atom is 0.230 e. The average molecular weight is 398 g/mol. The second-order valence-corrected chi connectivity index (χ2v) is 6.85. The first-order valence-electron chi connectivity index (χ1n) is 8.54. The molecule has 0 saturated carbocycles. The number of amides is 1. The number of nitrogens with one attached hydrogen (secondary N) is 1. The van der Waals surface area contributed by atoms with Crippen molar-refractivity contribution in [3.8, 4) is 17.4 Å². The fourth-order valence-corrected chi connectivity index (χ4v) is 3.04. The largest absolute Gasteiger partial charge is 0.497 e. The van der Waals surface area contributed by atoms with E-state index in [9.17, 15) is 9.18 Å². The van der Waals surface area contributed by atoms with Crippen LogP contribution in [-0.4, -0.2) is 23.8 Å². The molecule has 0 aliphatic carbocycles. The molecule has 1 N–H and O–H groups in total. The maximum atomic E-state index is 12.9. The number of aromatic nitrogens is 1. The van der Waals surface area contributed by atoms with Crippen LogP contribution in [0.1, 0.15) is 5.56 Å². The summed E-state index contributed by atoms with van der Waals surface area (Å²) in [5.41, 5.74) is 0.874. The Labute approximate surface area is 166 Å². The van der Waals surface area contributed by atoms with Crippen LogP contribution in [0, 0.1) is 5.82 Å². The molecule has 5 nitrogen and oxygen atoms in total. The van der Waals surface area contributed by atoms with Crippen molar-refractivity contribution >= 4 is 17.7 Å². The number of ether oxygens (including phenoxy) is 2. The Morgan fingerprint density at radius 2 is 1.79 bits per heavy atom. The summed E-state index contributed by atoms with van der Waals surface area (Å²) in [7, 11) is 1.60. The predicted octanol–water partition coefficient (Wildman–Crippen LogP) is 4.43. The van der Waals surface area contributed by atoms with Gasteiger partial charge in [0.25, 0.3) is 0 Å². The number of thioether (sulfide) groups is 1. The summed E-state index contributed by atoms with van der Waals surface area (Å²) >= 11 is 1.35. The van der Waals surface area contributed by atoms with Gasteiger partial charge >= 0.3 is 0 Å². The molecule has 0 bridgehead atoms. The zero-order chi connectivity index (χ0) is 19.8. The van der Waals surface area contributed by atoms with Crippen molar-refractivity contribution in [2.75, 3.05) is 12.9 Å². The SMILES string of the molecule is COc1ccc(Oc2cc(CNC(=O)CSc3ccc(F)cc3)ccn2)cc1. The maximum absolute atomic E-state index is 12.9. The molecule has 0 unspecified atom stereocenters. The van der Waals surface area contributed by atoms with Crippen LogP contribution in [0.3, 0.4) is 0 Å². The number of rotatable bonds is 8. The van der Waals surface area contributed by atoms with Crippen LogP contribution in [0.5, 0.6) is 17.4 Å². The van der Waals surface area contributed by atoms with Gasteiger partial charge < -0.3 is 14.8 Å². The first-order valence-corrected chi connectivity index (χ1v) is 9.53. The zero-order valence-electron chi connectivity index (χ0n) is 15.2. The molecule has 2 aromatic carbocycles. The van der Waals surface area contributed by atoms with Crippen LogP contribution in [0.25, 0.3) is 0 Å². The predicted molar refractivity (Wildman–Crippen MR) is 106 cm³/mol. The molecule has 0 spiro atoms. The van der Waals surface area contributed by atoms with Crippen molar-refractivity contribution in [2.45, 2.75) is 11.4 Å². The van der Waals surface area contributed by atoms with Crippen molar-refractivity contribution in [3.05, 3.63) is 78.2 Å². The summed E-state index contributed by atoms with van der Waals surface area (Å²) in [5, 5.41) is 2.85. The molecular formula is C21H19FN2O3S. The lowest BCUT2D eigenvalue weighted by Crippen LogP contribution is -2.24. The van der Waals surface area contributed by atoms with Crippen LogP contribution >= 0.6 is 11.8 Å². The number of nitrogens with zero attached hydrogens (tertiary/aromatic N) is 1. The Kier molecular flexibility index (Phi) is 6.86. The van der Waals surface area contributed by atoms with Gasteiger partial charge in [0.2, 0.25) is 11.8 Å². The smallest absolute Gasteiger partial charge is 0.230 e. The van der Waals surface area contributed by atoms with Gasteiger partial charge in [-0.2, -0.15) is 0 Å². The highest BCUT2D eigenvalue weighted by atomic mass is 32.2. The standard InChI is InChI=1S/C21H19FN2O3S/c1-26-17-4-6-18(7-5-17)27-21-12-15(10-11-23-21)13-24-20(25)14-28-19-8-2-16(22)3-9-19/h2-12H,13-14H2,1H3,(H,24,25). The minimum absolute atomic E-state index is 0.108. The fraction of sp³-hybridized carbons (Fsp3) is 0.143. The molecule has 0 aliphatic rings. The number of carbonyl (C=O) groups is 1. The van der Waals surface area contributed by atoms with E-state index in [-0.39, 0.29) is 17.5 Å². The summed E-state index contributed by atoms with van der Waals surface area (Å²) in [6.07, 6.45) is 1.63. The quantitative estimate of drug-likeness (QED) is 0.569. The van der Waals surface area contributed by atoms with E-state index in [1.165, 1.54) is 23.9 Å². The van der Waals surface area contributed by atoms with Gasteiger partial charge in [0.1, 0.15) is 17.3 Å². The third kappa shape index (κ3) is 5.99. The van der Waals surface area contributed by atoms with Gasteiger partial charge in [-0.3, -0.25) is 4.79 Å². The number of pyridine rings is 1. The van der Waals surface area contributed by atoms with Gasteiger partial charge in [0.15, 0.2) is 0 Å². The van der Waals surface area contributed by atoms with Gasteiger partial charge in [-0.05, 0) is 60.2 Å². The van der Waals surface area contributed by atoms with Crippen LogP contribution in [0.4, 0.5) is 4.39 Å². The molecule has 144 valence electrons. The van der Waals surface area contributed by atoms with E-state index in [1.54, 1.807) is 55.8 Å². The molecule has 0 atom stereocenters. The summed E-state index contributed by atoms with van der Waals surface area (Å²) in [5.74, 6) is 1.69. The number of hydrogen-bond donors (Lipinski definition) is 1. The lowest BCUT2D eigenvalue weighted by atomic mass is 10.2. The molecule has 7 heteroatoms. The van der Waals surface area contributed by atoms with E-state index in [1.807, 2.05) is 6.07 Å². The Bertz CT molecular complexity index is 918. The summed E-state index contributed by atoms with van der Waals surface area (Å²) in [6, 6.07) is 16.8. The minimum atomic E-state index is -0.292. The van der Waals surface area contributed by atoms with Crippen LogP contribution < -0.4 is 14.8 Å². The highest BCUT2D eigenvalue weighted by Crippen LogP contribution is 2.23. The van der Waals surface area contributed by atoms with Crippen molar-refractivity contribution in [1.82, 2.24) is 10.3 Å². The van der Waals surface area contributed by atoms with Gasteiger partial charge in [0.05, 0.1) is 12.9 Å². The Balaban J connectivity index is 1.49. The lowest BCUT2D eigenvalue weighted by Gasteiger charge is -2.08. The highest BCUT2D eigenvalue weighted by Gasteiger charge is 2.05. The Morgan fingerprint density at radius 3 is 2.50 bits per heavy atom. The molecule has 1 heterocycles. The first kappa shape index (κ1) is 19.7. The second kappa shape index (κ2) is 9.75. The monoisotopic (exact) mass is 398 g/mol. The fourth-order valence-electron chi connectivity index (χ4n) is 2.31. The number of methoxy groups -OCH3 is 1. The normalized spacial score (nSPS) is 10.4. The number of halogens is 1. The number of hydrogen-bond acceptors (Lipinski definition) is 5. The summed E-state index contributed by atoms with van der Waals surface area (Å²) in [6.45, 7) is 0.365. The van der Waals surface area contributed by atoms with Crippen LogP contribution in [-0.2, 0) is 11.3 Å². The van der Waals surface area contributed by atoms with Gasteiger partial charge in [0, 0.05) is 23.7 Å². The van der Waals surface area contributed by atoms with Gasteiger partial charge in [-0.1, -0.05) is 0 Å². The third-order valence-electron chi connectivity index (χ3n) is 3.75. The van der Waals surface area contributed by atoms with Crippen LogP contribution in [0.15, 0.2) is 71.8 Å². The molecule has 1 amide bonds. The third-order valence-corrected chi connectivity index (χ3v) is 4.77. The molecule has 0 saturated heterocycles. The van der Waals surface area contributed by atoms with Crippen molar-refractivity contribution in [1.29, 1.82) is 0 Å². The van der Waals surface area contributed by atoms with Crippen molar-refractivity contribution in [3.63, 3.8) is 0 Å². The molecule has 28 heavy (non-hydrogen) atoms. The molecule has 3 aromatic rings. The molecule has 3 rings (SSSR count). The van der Waals surface area contributed by atoms with Gasteiger partial charge in [-0.15, -0.1) is 11.8 Å². The van der Waals surface area contributed by atoms with E-state index in [0.717, 1.165) is 16.2 Å². The summed E-state index contributed by atoms with van der Waals surface area (Å²) < 4.78 is 23.7. The topological polar surface area (TPSA) is 60.5 Å². The Hall–Kier alpha value is -3.06. The van der Waals surface area contributed by atoms with E-state index >= 15 is 0 Å².